The molecule has 0 saturated carbocycles. The summed E-state index contributed by atoms with van der Waals surface area (Å²) in [5.41, 5.74) is 1.73. The molecule has 0 N–H and O–H groups in total. The van der Waals surface area contributed by atoms with E-state index in [0.717, 1.165) is 16.5 Å². The van der Waals surface area contributed by atoms with Crippen LogP contribution in [0.2, 0.25) is 0 Å². The van der Waals surface area contributed by atoms with Gasteiger partial charge in [-0.2, -0.15) is 5.10 Å². The van der Waals surface area contributed by atoms with Gasteiger partial charge in [0.15, 0.2) is 0 Å². The molecular formula is C12H10N4S. The van der Waals surface area contributed by atoms with Crippen LogP contribution in [-0.2, 0) is 0 Å². The van der Waals surface area contributed by atoms with E-state index in [2.05, 4.69) is 15.1 Å². The van der Waals surface area contributed by atoms with Gasteiger partial charge in [-0.25, -0.2) is 9.67 Å². The van der Waals surface area contributed by atoms with Gasteiger partial charge in [0.25, 0.3) is 0 Å². The van der Waals surface area contributed by atoms with Gasteiger partial charge in [0.1, 0.15) is 5.69 Å². The Morgan fingerprint density at radius 1 is 1.12 bits per heavy atom. The number of hydrogen-bond donors (Lipinski definition) is 0. The van der Waals surface area contributed by atoms with Crippen molar-refractivity contribution in [3.63, 3.8) is 0 Å². The van der Waals surface area contributed by atoms with Crippen molar-refractivity contribution < 1.29 is 0 Å². The van der Waals surface area contributed by atoms with Crippen molar-refractivity contribution in [1.29, 1.82) is 0 Å². The van der Waals surface area contributed by atoms with Gasteiger partial charge >= 0.3 is 0 Å². The monoisotopic (exact) mass is 242 g/mol. The van der Waals surface area contributed by atoms with Crippen molar-refractivity contribution in [2.24, 2.45) is 0 Å². The third-order valence-electron chi connectivity index (χ3n) is 2.32. The predicted molar refractivity (Wildman–Crippen MR) is 67.2 cm³/mol. The van der Waals surface area contributed by atoms with Crippen LogP contribution in [0.4, 0.5) is 0 Å². The quantitative estimate of drug-likeness (QED) is 0.694. The highest BCUT2D eigenvalue weighted by Crippen LogP contribution is 2.18. The van der Waals surface area contributed by atoms with Gasteiger partial charge < -0.3 is 0 Å². The normalized spacial score (nSPS) is 10.6. The van der Waals surface area contributed by atoms with Crippen LogP contribution in [0.3, 0.4) is 0 Å². The molecule has 0 fully saturated rings. The van der Waals surface area contributed by atoms with Crippen LogP contribution in [0.25, 0.3) is 16.5 Å². The molecule has 4 nitrogen and oxygen atoms in total. The maximum atomic E-state index is 4.47. The number of hydrogen-bond acceptors (Lipinski definition) is 4. The van der Waals surface area contributed by atoms with Gasteiger partial charge in [-0.3, -0.25) is 4.98 Å². The summed E-state index contributed by atoms with van der Waals surface area (Å²) in [6.07, 6.45) is 5.52. The molecule has 3 rings (SSSR count). The zero-order chi connectivity index (χ0) is 11.7. The molecule has 84 valence electrons. The first-order chi connectivity index (χ1) is 8.33. The summed E-state index contributed by atoms with van der Waals surface area (Å²) in [5, 5.41) is 5.35. The fourth-order valence-electron chi connectivity index (χ4n) is 1.53. The zero-order valence-corrected chi connectivity index (χ0v) is 10.1. The van der Waals surface area contributed by atoms with Crippen molar-refractivity contribution in [2.75, 3.05) is 0 Å². The lowest BCUT2D eigenvalue weighted by molar-refractivity contribution is 0.871. The average Bonchev–Trinajstić information content (AvgIpc) is 2.98. The first-order valence-corrected chi connectivity index (χ1v) is 6.04. The van der Waals surface area contributed by atoms with Gasteiger partial charge in [0.2, 0.25) is 5.13 Å². The van der Waals surface area contributed by atoms with Gasteiger partial charge in [-0.1, -0.05) is 6.07 Å². The maximum absolute atomic E-state index is 4.47. The standard InChI is InChI=1S/C12H10N4S/c1-9-8-14-12(17-9)16-7-5-11(15-16)10-4-2-3-6-13-10/h2-8H,1H3. The summed E-state index contributed by atoms with van der Waals surface area (Å²) < 4.78 is 1.78. The molecule has 3 aromatic heterocycles. The molecule has 0 aliphatic rings. The van der Waals surface area contributed by atoms with Crippen LogP contribution in [0, 0.1) is 6.92 Å². The molecule has 0 amide bonds. The molecule has 0 spiro atoms. The Labute approximate surface area is 103 Å². The number of nitrogens with zero attached hydrogens (tertiary/aromatic N) is 4. The highest BCUT2D eigenvalue weighted by Gasteiger charge is 2.06. The van der Waals surface area contributed by atoms with Crippen LogP contribution in [0.1, 0.15) is 4.88 Å². The number of aryl methyl sites for hydroxylation is 1. The first kappa shape index (κ1) is 10.2. The second-order valence-corrected chi connectivity index (χ2v) is 4.83. The fraction of sp³-hybridized carbons (Fsp3) is 0.0833. The SMILES string of the molecule is Cc1cnc(-n2ccc(-c3ccccn3)n2)s1. The van der Waals surface area contributed by atoms with E-state index < -0.39 is 0 Å². The minimum Gasteiger partial charge on any atom is -0.255 e. The van der Waals surface area contributed by atoms with Crippen molar-refractivity contribution in [1.82, 2.24) is 19.7 Å². The minimum absolute atomic E-state index is 0.860. The highest BCUT2D eigenvalue weighted by molar-refractivity contribution is 7.13. The largest absolute Gasteiger partial charge is 0.255 e. The van der Waals surface area contributed by atoms with Crippen molar-refractivity contribution >= 4 is 11.3 Å². The second kappa shape index (κ2) is 4.10. The predicted octanol–water partition coefficient (Wildman–Crippen LogP) is 2.70. The molecule has 3 heterocycles. The third kappa shape index (κ3) is 1.97. The highest BCUT2D eigenvalue weighted by atomic mass is 32.1. The molecule has 0 aromatic carbocycles. The first-order valence-electron chi connectivity index (χ1n) is 5.23. The van der Waals surface area contributed by atoms with Gasteiger partial charge in [-0.05, 0) is 25.1 Å². The number of aromatic nitrogens is 4. The van der Waals surface area contributed by atoms with Crippen molar-refractivity contribution in [2.45, 2.75) is 6.92 Å². The fourth-order valence-corrected chi connectivity index (χ4v) is 2.22. The summed E-state index contributed by atoms with van der Waals surface area (Å²) in [6, 6.07) is 7.73. The van der Waals surface area contributed by atoms with E-state index >= 15 is 0 Å². The Morgan fingerprint density at radius 3 is 2.76 bits per heavy atom. The third-order valence-corrected chi connectivity index (χ3v) is 3.22. The number of pyridine rings is 1. The topological polar surface area (TPSA) is 43.6 Å². The summed E-state index contributed by atoms with van der Waals surface area (Å²) in [6.45, 7) is 2.03. The molecule has 0 unspecified atom stereocenters. The van der Waals surface area contributed by atoms with E-state index in [0.29, 0.717) is 0 Å². The van der Waals surface area contributed by atoms with Crippen LogP contribution in [0.5, 0.6) is 0 Å². The molecule has 3 aromatic rings. The van der Waals surface area contributed by atoms with Gasteiger partial charge in [-0.15, -0.1) is 11.3 Å². The van der Waals surface area contributed by atoms with E-state index in [1.165, 1.54) is 4.88 Å². The lowest BCUT2D eigenvalue weighted by atomic mass is 10.3. The second-order valence-electron chi connectivity index (χ2n) is 3.61. The van der Waals surface area contributed by atoms with E-state index in [1.807, 2.05) is 43.6 Å². The van der Waals surface area contributed by atoms with Crippen LogP contribution >= 0.6 is 11.3 Å². The van der Waals surface area contributed by atoms with Crippen LogP contribution in [-0.4, -0.2) is 19.7 Å². The van der Waals surface area contributed by atoms with Crippen LogP contribution in [0.15, 0.2) is 42.9 Å². The molecule has 17 heavy (non-hydrogen) atoms. The Hall–Kier alpha value is -2.01. The lowest BCUT2D eigenvalue weighted by Gasteiger charge is -1.95. The Bertz CT molecular complexity index is 627. The molecule has 5 heteroatoms. The molecule has 0 radical (unpaired) electrons. The summed E-state index contributed by atoms with van der Waals surface area (Å²) in [5.74, 6) is 0. The number of thiazole rings is 1. The molecule has 0 saturated heterocycles. The Balaban J connectivity index is 1.99. The summed E-state index contributed by atoms with van der Waals surface area (Å²) in [7, 11) is 0. The molecule has 0 atom stereocenters. The Kier molecular flexibility index (Phi) is 2.45. The van der Waals surface area contributed by atoms with E-state index in [-0.39, 0.29) is 0 Å². The Morgan fingerprint density at radius 2 is 2.06 bits per heavy atom. The number of rotatable bonds is 2. The van der Waals surface area contributed by atoms with E-state index in [1.54, 1.807) is 22.2 Å². The summed E-state index contributed by atoms with van der Waals surface area (Å²) >= 11 is 1.62. The smallest absolute Gasteiger partial charge is 0.210 e. The summed E-state index contributed by atoms with van der Waals surface area (Å²) in [4.78, 5) is 9.74. The van der Waals surface area contributed by atoms with E-state index in [4.69, 9.17) is 0 Å². The zero-order valence-electron chi connectivity index (χ0n) is 9.24. The minimum atomic E-state index is 0.860. The lowest BCUT2D eigenvalue weighted by Crippen LogP contribution is -1.93. The van der Waals surface area contributed by atoms with Crippen molar-refractivity contribution in [3.05, 3.63) is 47.7 Å². The molecule has 0 aliphatic heterocycles. The average molecular weight is 242 g/mol. The molecular weight excluding hydrogens is 232 g/mol. The molecule has 0 aliphatic carbocycles. The van der Waals surface area contributed by atoms with Crippen LogP contribution < -0.4 is 0 Å². The van der Waals surface area contributed by atoms with Gasteiger partial charge in [0.05, 0.1) is 5.69 Å². The van der Waals surface area contributed by atoms with Gasteiger partial charge in [0, 0.05) is 23.5 Å². The van der Waals surface area contributed by atoms with Crippen molar-refractivity contribution in [3.8, 4) is 16.5 Å². The molecule has 0 bridgehead atoms. The van der Waals surface area contributed by atoms with E-state index in [9.17, 15) is 0 Å². The maximum Gasteiger partial charge on any atom is 0.210 e.